The van der Waals surface area contributed by atoms with Gasteiger partial charge in [-0.15, -0.1) is 0 Å². The summed E-state index contributed by atoms with van der Waals surface area (Å²) in [7, 11) is 0. The largest absolute Gasteiger partial charge is 0.451 e. The van der Waals surface area contributed by atoms with Crippen LogP contribution < -0.4 is 0 Å². The molecule has 0 saturated heterocycles. The molecule has 0 N–H and O–H groups in total. The molecule has 0 spiro atoms. The van der Waals surface area contributed by atoms with Crippen LogP contribution in [0.2, 0.25) is 0 Å². The average molecular weight is 461 g/mol. The Morgan fingerprint density at radius 2 is 1.35 bits per heavy atom. The van der Waals surface area contributed by atoms with Crippen LogP contribution in [-0.2, 0) is 30.3 Å². The van der Waals surface area contributed by atoms with Crippen molar-refractivity contribution in [3.63, 3.8) is 0 Å². The summed E-state index contributed by atoms with van der Waals surface area (Å²) in [5, 5.41) is 0. The maximum Gasteiger partial charge on any atom is 0.303 e. The highest BCUT2D eigenvalue weighted by Crippen LogP contribution is 2.57. The van der Waals surface area contributed by atoms with Crippen LogP contribution in [-0.4, -0.2) is 24.0 Å². The molecule has 2 aliphatic rings. The number of rotatable bonds is 6. The fourth-order valence-corrected chi connectivity index (χ4v) is 5.65. The number of carbonyl (C=O) groups excluding carboxylic acids is 4. The Bertz CT molecular complexity index is 1240. The predicted octanol–water partition coefficient (Wildman–Crippen LogP) is 4.90. The Hall–Kier alpha value is -3.54. The van der Waals surface area contributed by atoms with Crippen molar-refractivity contribution in [2.45, 2.75) is 52.2 Å². The molecule has 0 heterocycles. The van der Waals surface area contributed by atoms with E-state index in [4.69, 9.17) is 9.47 Å². The van der Waals surface area contributed by atoms with Crippen molar-refractivity contribution >= 4 is 24.0 Å². The normalized spacial score (nSPS) is 26.3. The molecule has 6 heteroatoms. The summed E-state index contributed by atoms with van der Waals surface area (Å²) in [6.45, 7) is 9.11. The Morgan fingerprint density at radius 3 is 1.79 bits per heavy atom. The van der Waals surface area contributed by atoms with Crippen molar-refractivity contribution in [2.24, 2.45) is 11.8 Å². The molecule has 34 heavy (non-hydrogen) atoms. The second-order valence-corrected chi connectivity index (χ2v) is 9.24. The number of Topliss-reactive ketones (excluding diaryl/α,β-unsaturated/α-hetero) is 2. The molecule has 2 unspecified atom stereocenters. The van der Waals surface area contributed by atoms with Crippen molar-refractivity contribution in [1.29, 1.82) is 0 Å². The maximum absolute atomic E-state index is 14.1. The van der Waals surface area contributed by atoms with E-state index >= 15 is 0 Å². The van der Waals surface area contributed by atoms with Crippen molar-refractivity contribution in [3.8, 4) is 0 Å². The molecule has 0 aromatic heterocycles. The molecule has 3 atom stereocenters. The summed E-state index contributed by atoms with van der Waals surface area (Å²) >= 11 is 0. The lowest BCUT2D eigenvalue weighted by molar-refractivity contribution is -0.159. The molecular weight excluding hydrogens is 432 g/mol. The van der Waals surface area contributed by atoms with Gasteiger partial charge in [-0.3, -0.25) is 19.2 Å². The minimum atomic E-state index is -1.50. The maximum atomic E-state index is 14.1. The van der Waals surface area contributed by atoms with Crippen LogP contribution >= 0.6 is 0 Å². The van der Waals surface area contributed by atoms with Crippen molar-refractivity contribution in [2.75, 3.05) is 0 Å². The Balaban J connectivity index is 2.23. The number of benzene rings is 2. The zero-order valence-electron chi connectivity index (χ0n) is 20.0. The topological polar surface area (TPSA) is 86.7 Å². The number of fused-ring (bicyclic) bond motifs is 2. The first kappa shape index (κ1) is 23.6. The number of hydrogen-bond donors (Lipinski definition) is 0. The lowest BCUT2D eigenvalue weighted by Crippen LogP contribution is -2.44. The summed E-state index contributed by atoms with van der Waals surface area (Å²) in [6, 6.07) is 13.9. The molecule has 0 amide bonds. The highest BCUT2D eigenvalue weighted by Gasteiger charge is 2.62. The summed E-state index contributed by atoms with van der Waals surface area (Å²) in [4.78, 5) is 52.4. The molecule has 2 aromatic rings. The number of esters is 1. The summed E-state index contributed by atoms with van der Waals surface area (Å²) in [5.41, 5.74) is -1.04. The first-order valence-electron chi connectivity index (χ1n) is 11.5. The van der Waals surface area contributed by atoms with Crippen LogP contribution in [0.5, 0.6) is 0 Å². The third-order valence-corrected chi connectivity index (χ3v) is 7.25. The minimum absolute atomic E-state index is 0.0681. The van der Waals surface area contributed by atoms with E-state index in [2.05, 4.69) is 0 Å². The second kappa shape index (κ2) is 8.35. The van der Waals surface area contributed by atoms with E-state index in [0.29, 0.717) is 35.1 Å². The van der Waals surface area contributed by atoms with E-state index in [9.17, 15) is 19.2 Å². The minimum Gasteiger partial charge on any atom is -0.451 e. The monoisotopic (exact) mass is 460 g/mol. The van der Waals surface area contributed by atoms with Crippen molar-refractivity contribution in [3.05, 3.63) is 81.9 Å². The Labute approximate surface area is 198 Å². The molecule has 6 nitrogen and oxygen atoms in total. The highest BCUT2D eigenvalue weighted by atomic mass is 16.6. The highest BCUT2D eigenvalue weighted by molar-refractivity contribution is 6.25. The number of ether oxygens (including phenoxy) is 2. The van der Waals surface area contributed by atoms with Gasteiger partial charge in [0.05, 0.1) is 11.1 Å². The lowest BCUT2D eigenvalue weighted by atomic mass is 9.72. The van der Waals surface area contributed by atoms with E-state index in [0.717, 1.165) is 0 Å². The van der Waals surface area contributed by atoms with Crippen LogP contribution in [0.15, 0.2) is 59.7 Å². The summed E-state index contributed by atoms with van der Waals surface area (Å²) < 4.78 is 11.8. The van der Waals surface area contributed by atoms with Crippen LogP contribution in [0.3, 0.4) is 0 Å². The zero-order chi connectivity index (χ0) is 24.8. The van der Waals surface area contributed by atoms with E-state index in [-0.39, 0.29) is 17.1 Å². The van der Waals surface area contributed by atoms with Gasteiger partial charge in [-0.25, -0.2) is 0 Å². The number of hydrogen-bond acceptors (Lipinski definition) is 6. The van der Waals surface area contributed by atoms with Gasteiger partial charge in [0.25, 0.3) is 6.47 Å². The quantitative estimate of drug-likeness (QED) is 0.346. The molecule has 2 aliphatic carbocycles. The standard InChI is InChI=1S/C28H28O6/c1-6-17(4)28(34-18(5)30)22-14-10-8-12-20(22)26(32)24(28)23-25(31)19-11-7-9-13-21(19)27(23,16(2)3)33-15-29/h7-17H,6H2,1-5H3/b24-23+/t17-,27?,28?/m1/s1. The first-order valence-corrected chi connectivity index (χ1v) is 11.5. The molecule has 0 radical (unpaired) electrons. The summed E-state index contributed by atoms with van der Waals surface area (Å²) in [5.74, 6) is -2.10. The molecule has 4 rings (SSSR count). The van der Waals surface area contributed by atoms with Crippen molar-refractivity contribution < 1.29 is 28.7 Å². The Kier molecular flexibility index (Phi) is 5.80. The van der Waals surface area contributed by atoms with Gasteiger partial charge in [0, 0.05) is 41.0 Å². The van der Waals surface area contributed by atoms with Crippen LogP contribution in [0.1, 0.15) is 72.9 Å². The van der Waals surface area contributed by atoms with Crippen LogP contribution in [0, 0.1) is 11.8 Å². The van der Waals surface area contributed by atoms with Gasteiger partial charge < -0.3 is 9.47 Å². The van der Waals surface area contributed by atoms with Gasteiger partial charge >= 0.3 is 5.97 Å². The molecule has 0 bridgehead atoms. The van der Waals surface area contributed by atoms with E-state index in [1.165, 1.54) is 6.92 Å². The Morgan fingerprint density at radius 1 is 0.882 bits per heavy atom. The van der Waals surface area contributed by atoms with Gasteiger partial charge in [0.15, 0.2) is 22.8 Å². The molecule has 2 aromatic carbocycles. The summed E-state index contributed by atoms with van der Waals surface area (Å²) in [6.07, 6.45) is 0.566. The van der Waals surface area contributed by atoms with Crippen LogP contribution in [0.25, 0.3) is 0 Å². The zero-order valence-corrected chi connectivity index (χ0v) is 20.0. The molecule has 176 valence electrons. The molecular formula is C28H28O6. The van der Waals surface area contributed by atoms with Gasteiger partial charge in [0.2, 0.25) is 0 Å². The van der Waals surface area contributed by atoms with Crippen LogP contribution in [0.4, 0.5) is 0 Å². The van der Waals surface area contributed by atoms with Gasteiger partial charge in [-0.2, -0.15) is 0 Å². The third kappa shape index (κ3) is 2.94. The first-order chi connectivity index (χ1) is 16.2. The number of carbonyl (C=O) groups is 4. The second-order valence-electron chi connectivity index (χ2n) is 9.24. The molecule has 0 fully saturated rings. The lowest BCUT2D eigenvalue weighted by Gasteiger charge is -2.40. The smallest absolute Gasteiger partial charge is 0.303 e. The van der Waals surface area contributed by atoms with Gasteiger partial charge in [-0.1, -0.05) is 76.2 Å². The number of ketones is 2. The van der Waals surface area contributed by atoms with Gasteiger partial charge in [-0.05, 0) is 6.42 Å². The molecule has 0 saturated carbocycles. The average Bonchev–Trinajstić information content (AvgIpc) is 3.20. The van der Waals surface area contributed by atoms with E-state index < -0.39 is 34.7 Å². The van der Waals surface area contributed by atoms with E-state index in [1.54, 1.807) is 48.5 Å². The predicted molar refractivity (Wildman–Crippen MR) is 125 cm³/mol. The van der Waals surface area contributed by atoms with E-state index in [1.807, 2.05) is 27.7 Å². The fraction of sp³-hybridized carbons (Fsp3) is 0.357. The SMILES string of the molecule is CC[C@@H](C)C1(OC(C)=O)/C(=C2\C(=O)c3ccccc3C2(OC=O)C(C)C)C(=O)c2ccccc21. The molecule has 0 aliphatic heterocycles. The van der Waals surface area contributed by atoms with Crippen molar-refractivity contribution in [1.82, 2.24) is 0 Å². The fourth-order valence-electron chi connectivity index (χ4n) is 5.65. The van der Waals surface area contributed by atoms with Gasteiger partial charge in [0.1, 0.15) is 0 Å². The third-order valence-electron chi connectivity index (χ3n) is 7.25.